The third-order valence-corrected chi connectivity index (χ3v) is 7.31. The van der Waals surface area contributed by atoms with E-state index in [2.05, 4.69) is 0 Å². The van der Waals surface area contributed by atoms with Crippen molar-refractivity contribution in [1.29, 1.82) is 0 Å². The molecule has 5 rings (SSSR count). The van der Waals surface area contributed by atoms with Gasteiger partial charge in [-0.25, -0.2) is 9.79 Å². The van der Waals surface area contributed by atoms with E-state index >= 15 is 0 Å². The summed E-state index contributed by atoms with van der Waals surface area (Å²) in [5, 5.41) is 1.94. The molecular weight excluding hydrogens is 460 g/mol. The van der Waals surface area contributed by atoms with Crippen molar-refractivity contribution < 1.29 is 19.0 Å². The molecule has 0 radical (unpaired) electrons. The Morgan fingerprint density at radius 3 is 2.88 bits per heavy atom. The van der Waals surface area contributed by atoms with E-state index in [4.69, 9.17) is 19.2 Å². The molecule has 0 saturated heterocycles. The predicted octanol–water partition coefficient (Wildman–Crippen LogP) is 3.37. The van der Waals surface area contributed by atoms with Crippen molar-refractivity contribution in [3.05, 3.63) is 77.1 Å². The van der Waals surface area contributed by atoms with E-state index in [9.17, 15) is 9.59 Å². The molecule has 0 N–H and O–H groups in total. The van der Waals surface area contributed by atoms with Crippen LogP contribution in [0, 0.1) is 0 Å². The van der Waals surface area contributed by atoms with Crippen LogP contribution in [-0.2, 0) is 9.53 Å². The molecule has 4 heterocycles. The standard InChI is InChI=1S/C24H22N2O5S2/c1-3-6-15-20(23(28)29-4-2)21(18-7-5-10-32-18)26-22(27)19(33-24(26)25-15)12-14-8-9-16-17(11-14)31-13-30-16/h5,7-12,21H,3-4,6,13H2,1-2H3/b19-12-. The summed E-state index contributed by atoms with van der Waals surface area (Å²) >= 11 is 2.83. The lowest BCUT2D eigenvalue weighted by molar-refractivity contribution is -0.139. The minimum absolute atomic E-state index is 0.188. The van der Waals surface area contributed by atoms with Crippen molar-refractivity contribution in [2.24, 2.45) is 4.99 Å². The number of ether oxygens (including phenoxy) is 3. The molecule has 1 unspecified atom stereocenters. The largest absolute Gasteiger partial charge is 0.463 e. The van der Waals surface area contributed by atoms with Gasteiger partial charge in [0, 0.05) is 4.88 Å². The summed E-state index contributed by atoms with van der Waals surface area (Å²) in [6.07, 6.45) is 3.28. The van der Waals surface area contributed by atoms with Crippen LogP contribution in [0.2, 0.25) is 0 Å². The summed E-state index contributed by atoms with van der Waals surface area (Å²) in [5.41, 5.74) is 1.77. The van der Waals surface area contributed by atoms with Crippen LogP contribution in [0.4, 0.5) is 0 Å². The Morgan fingerprint density at radius 1 is 1.27 bits per heavy atom. The minimum atomic E-state index is -0.555. The van der Waals surface area contributed by atoms with Gasteiger partial charge in [-0.1, -0.05) is 36.8 Å². The van der Waals surface area contributed by atoms with Crippen LogP contribution in [0.1, 0.15) is 43.2 Å². The number of carbonyl (C=O) groups is 1. The summed E-state index contributed by atoms with van der Waals surface area (Å²) in [7, 11) is 0. The van der Waals surface area contributed by atoms with Crippen molar-refractivity contribution in [3.8, 4) is 11.5 Å². The summed E-state index contributed by atoms with van der Waals surface area (Å²) in [6.45, 7) is 4.27. The van der Waals surface area contributed by atoms with Gasteiger partial charge in [-0.05, 0) is 48.6 Å². The van der Waals surface area contributed by atoms with E-state index in [-0.39, 0.29) is 19.0 Å². The number of aromatic nitrogens is 1. The van der Waals surface area contributed by atoms with Crippen molar-refractivity contribution in [2.45, 2.75) is 32.7 Å². The van der Waals surface area contributed by atoms with Gasteiger partial charge in [0.25, 0.3) is 5.56 Å². The Morgan fingerprint density at radius 2 is 2.12 bits per heavy atom. The molecule has 0 saturated carbocycles. The molecule has 1 atom stereocenters. The number of thiazole rings is 1. The predicted molar refractivity (Wildman–Crippen MR) is 127 cm³/mol. The molecule has 33 heavy (non-hydrogen) atoms. The van der Waals surface area contributed by atoms with E-state index < -0.39 is 12.0 Å². The van der Waals surface area contributed by atoms with Gasteiger partial charge in [0.2, 0.25) is 6.79 Å². The smallest absolute Gasteiger partial charge is 0.338 e. The van der Waals surface area contributed by atoms with Crippen LogP contribution in [-0.4, -0.2) is 23.9 Å². The van der Waals surface area contributed by atoms with Crippen molar-refractivity contribution in [1.82, 2.24) is 4.57 Å². The number of nitrogens with zero attached hydrogens (tertiary/aromatic N) is 2. The highest BCUT2D eigenvalue weighted by Crippen LogP contribution is 2.35. The first-order valence-electron chi connectivity index (χ1n) is 10.8. The van der Waals surface area contributed by atoms with Crippen LogP contribution >= 0.6 is 22.7 Å². The van der Waals surface area contributed by atoms with Crippen LogP contribution in [0.25, 0.3) is 6.08 Å². The molecule has 1 aromatic carbocycles. The zero-order valence-electron chi connectivity index (χ0n) is 18.2. The maximum Gasteiger partial charge on any atom is 0.338 e. The number of fused-ring (bicyclic) bond motifs is 2. The Balaban J connectivity index is 1.70. The molecule has 170 valence electrons. The Hall–Kier alpha value is -3.17. The third kappa shape index (κ3) is 3.91. The molecule has 3 aromatic rings. The van der Waals surface area contributed by atoms with E-state index in [1.54, 1.807) is 11.5 Å². The first-order chi connectivity index (χ1) is 16.1. The number of esters is 1. The second kappa shape index (κ2) is 8.99. The minimum Gasteiger partial charge on any atom is -0.463 e. The molecule has 0 fully saturated rings. The maximum atomic E-state index is 13.6. The maximum absolute atomic E-state index is 13.6. The summed E-state index contributed by atoms with van der Waals surface area (Å²) < 4.78 is 18.4. The summed E-state index contributed by atoms with van der Waals surface area (Å²) in [6, 6.07) is 8.88. The van der Waals surface area contributed by atoms with Gasteiger partial charge >= 0.3 is 5.97 Å². The monoisotopic (exact) mass is 482 g/mol. The van der Waals surface area contributed by atoms with Gasteiger partial charge in [0.15, 0.2) is 16.3 Å². The average Bonchev–Trinajstić information content (AvgIpc) is 3.54. The first-order valence-corrected chi connectivity index (χ1v) is 12.4. The fourth-order valence-electron chi connectivity index (χ4n) is 3.99. The molecule has 0 aliphatic carbocycles. The lowest BCUT2D eigenvalue weighted by Crippen LogP contribution is -2.39. The van der Waals surface area contributed by atoms with Gasteiger partial charge in [0.1, 0.15) is 6.04 Å². The zero-order valence-corrected chi connectivity index (χ0v) is 19.8. The summed E-state index contributed by atoms with van der Waals surface area (Å²) in [4.78, 5) is 32.9. The first kappa shape index (κ1) is 21.7. The number of rotatable bonds is 6. The van der Waals surface area contributed by atoms with E-state index in [0.717, 1.165) is 16.9 Å². The summed E-state index contributed by atoms with van der Waals surface area (Å²) in [5.74, 6) is 0.922. The van der Waals surface area contributed by atoms with Crippen LogP contribution in [0.5, 0.6) is 11.5 Å². The molecule has 7 nitrogen and oxygen atoms in total. The number of thiophene rings is 1. The van der Waals surface area contributed by atoms with Crippen molar-refractivity contribution >= 4 is 34.7 Å². The van der Waals surface area contributed by atoms with Gasteiger partial charge < -0.3 is 14.2 Å². The Bertz CT molecular complexity index is 1420. The Labute approximate surface area is 197 Å². The van der Waals surface area contributed by atoms with Crippen molar-refractivity contribution in [3.63, 3.8) is 0 Å². The normalized spacial score (nSPS) is 17.2. The van der Waals surface area contributed by atoms with E-state index in [0.29, 0.717) is 38.5 Å². The fraction of sp³-hybridized carbons (Fsp3) is 0.292. The highest BCUT2D eigenvalue weighted by atomic mass is 32.1. The van der Waals surface area contributed by atoms with Crippen LogP contribution < -0.4 is 24.4 Å². The zero-order chi connectivity index (χ0) is 22.9. The number of carbonyl (C=O) groups excluding carboxylic acids is 1. The number of allylic oxidation sites excluding steroid dienone is 1. The molecule has 0 spiro atoms. The highest BCUT2D eigenvalue weighted by Gasteiger charge is 2.34. The molecule has 2 aliphatic rings. The molecular formula is C24H22N2O5S2. The topological polar surface area (TPSA) is 79.1 Å². The van der Waals surface area contributed by atoms with Crippen molar-refractivity contribution in [2.75, 3.05) is 13.4 Å². The highest BCUT2D eigenvalue weighted by molar-refractivity contribution is 7.10. The van der Waals surface area contributed by atoms with Gasteiger partial charge in [-0.15, -0.1) is 11.3 Å². The van der Waals surface area contributed by atoms with Gasteiger partial charge in [-0.2, -0.15) is 0 Å². The molecule has 0 bridgehead atoms. The number of hydrogen-bond acceptors (Lipinski definition) is 8. The van der Waals surface area contributed by atoms with Crippen LogP contribution in [0.15, 0.2) is 56.8 Å². The molecule has 0 amide bonds. The van der Waals surface area contributed by atoms with E-state index in [1.165, 1.54) is 22.7 Å². The fourth-order valence-corrected chi connectivity index (χ4v) is 5.83. The molecule has 2 aliphatic heterocycles. The van der Waals surface area contributed by atoms with Gasteiger partial charge in [-0.3, -0.25) is 9.36 Å². The number of hydrogen-bond donors (Lipinski definition) is 0. The lowest BCUT2D eigenvalue weighted by Gasteiger charge is -2.24. The molecule has 2 aromatic heterocycles. The quantitative estimate of drug-likeness (QED) is 0.504. The SMILES string of the molecule is CCCC1=C(C(=O)OCC)C(c2cccs2)n2c(s/c(=C\c3ccc4c(c3)OCO4)c2=O)=N1. The average molecular weight is 483 g/mol. The molecule has 9 heteroatoms. The second-order valence-electron chi connectivity index (χ2n) is 7.54. The third-order valence-electron chi connectivity index (χ3n) is 5.40. The van der Waals surface area contributed by atoms with E-state index in [1.807, 2.05) is 48.7 Å². The second-order valence-corrected chi connectivity index (χ2v) is 9.53. The van der Waals surface area contributed by atoms with Gasteiger partial charge in [0.05, 0.1) is 22.4 Å². The van der Waals surface area contributed by atoms with Crippen LogP contribution in [0.3, 0.4) is 0 Å². The Kier molecular flexibility index (Phi) is 5.90. The number of benzene rings is 1. The lowest BCUT2D eigenvalue weighted by atomic mass is 9.99.